The first kappa shape index (κ1) is 12.2. The van der Waals surface area contributed by atoms with Crippen molar-refractivity contribution >= 4 is 7.60 Å². The van der Waals surface area contributed by atoms with Crippen molar-refractivity contribution in [1.82, 2.24) is 4.90 Å². The third kappa shape index (κ3) is 4.08. The van der Waals surface area contributed by atoms with Gasteiger partial charge in [-0.3, -0.25) is 4.57 Å². The van der Waals surface area contributed by atoms with Crippen molar-refractivity contribution in [2.24, 2.45) is 0 Å². The Morgan fingerprint density at radius 2 is 1.69 bits per heavy atom. The summed E-state index contributed by atoms with van der Waals surface area (Å²) in [6.45, 7) is 11.0. The predicted molar refractivity (Wildman–Crippen MR) is 53.2 cm³/mol. The van der Waals surface area contributed by atoms with Crippen LogP contribution in [0.4, 0.5) is 0 Å². The zero-order chi connectivity index (χ0) is 10.5. The molecular formula is C8H14NO3P. The Morgan fingerprint density at radius 1 is 1.31 bits per heavy atom. The second kappa shape index (κ2) is 5.02. The zero-order valence-corrected chi connectivity index (χ0v) is 8.28. The van der Waals surface area contributed by atoms with Gasteiger partial charge in [0.05, 0.1) is 0 Å². The minimum Gasteiger partial charge on any atom is -0.358 e. The van der Waals surface area contributed by atoms with Crippen LogP contribution >= 0.6 is 7.60 Å². The first-order valence-corrected chi connectivity index (χ1v) is 5.26. The van der Waals surface area contributed by atoms with Crippen LogP contribution in [0.5, 0.6) is 0 Å². The maximum Gasteiger partial charge on any atom is 0.371 e. The van der Waals surface area contributed by atoms with Crippen LogP contribution in [-0.4, -0.2) is 27.8 Å². The van der Waals surface area contributed by atoms with Gasteiger partial charge in [0.2, 0.25) is 0 Å². The molecule has 13 heavy (non-hydrogen) atoms. The fraction of sp³-hybridized carbons (Fsp3) is 0.250. The molecule has 74 valence electrons. The van der Waals surface area contributed by atoms with E-state index in [4.69, 9.17) is 9.79 Å². The van der Waals surface area contributed by atoms with Gasteiger partial charge in [-0.2, -0.15) is 0 Å². The van der Waals surface area contributed by atoms with Crippen molar-refractivity contribution in [1.29, 1.82) is 0 Å². The lowest BCUT2D eigenvalue weighted by atomic mass is 10.5. The molecule has 0 atom stereocenters. The lowest BCUT2D eigenvalue weighted by Gasteiger charge is -2.23. The predicted octanol–water partition coefficient (Wildman–Crippen LogP) is 1.31. The maximum absolute atomic E-state index is 10.8. The number of rotatable bonds is 6. The Hall–Kier alpha value is -0.830. The normalized spacial score (nSPS) is 10.6. The molecule has 0 aromatic heterocycles. The average Bonchev–Trinajstić information content (AvgIpc) is 2.01. The van der Waals surface area contributed by atoms with Gasteiger partial charge < -0.3 is 14.7 Å². The van der Waals surface area contributed by atoms with E-state index < -0.39 is 7.60 Å². The third-order valence-corrected chi connectivity index (χ3v) is 2.36. The van der Waals surface area contributed by atoms with Gasteiger partial charge in [-0.25, -0.2) is 0 Å². The highest BCUT2D eigenvalue weighted by atomic mass is 31.2. The largest absolute Gasteiger partial charge is 0.371 e. The molecule has 0 saturated heterocycles. The highest BCUT2D eigenvalue weighted by Crippen LogP contribution is 2.45. The van der Waals surface area contributed by atoms with E-state index in [0.29, 0.717) is 13.1 Å². The molecule has 0 aliphatic rings. The van der Waals surface area contributed by atoms with E-state index in [-0.39, 0.29) is 5.44 Å². The Labute approximate surface area is 78.0 Å². The van der Waals surface area contributed by atoms with Crippen LogP contribution in [0.1, 0.15) is 0 Å². The van der Waals surface area contributed by atoms with Crippen LogP contribution in [0.2, 0.25) is 0 Å². The minimum atomic E-state index is -4.24. The third-order valence-electron chi connectivity index (χ3n) is 1.40. The van der Waals surface area contributed by atoms with E-state index in [1.807, 2.05) is 0 Å². The first-order valence-electron chi connectivity index (χ1n) is 3.65. The molecule has 2 N–H and O–H groups in total. The quantitative estimate of drug-likeness (QED) is 0.504. The Morgan fingerprint density at radius 3 is 1.92 bits per heavy atom. The van der Waals surface area contributed by atoms with Crippen molar-refractivity contribution in [2.75, 3.05) is 13.1 Å². The molecule has 0 radical (unpaired) electrons. The molecule has 0 amide bonds. The molecule has 0 fully saturated rings. The molecule has 0 saturated carbocycles. The number of nitrogens with zero attached hydrogens (tertiary/aromatic N) is 1. The molecule has 4 nitrogen and oxygen atoms in total. The summed E-state index contributed by atoms with van der Waals surface area (Å²) in [7, 11) is -4.24. The molecule has 0 spiro atoms. The Balaban J connectivity index is 4.54. The van der Waals surface area contributed by atoms with Gasteiger partial charge in [0, 0.05) is 13.1 Å². The fourth-order valence-corrected chi connectivity index (χ4v) is 1.31. The van der Waals surface area contributed by atoms with Gasteiger partial charge in [0.25, 0.3) is 0 Å². The zero-order valence-electron chi connectivity index (χ0n) is 7.39. The molecule has 0 bridgehead atoms. The smallest absolute Gasteiger partial charge is 0.358 e. The van der Waals surface area contributed by atoms with Gasteiger partial charge >= 0.3 is 7.60 Å². The van der Waals surface area contributed by atoms with E-state index in [0.717, 1.165) is 0 Å². The van der Waals surface area contributed by atoms with Crippen LogP contribution in [0.3, 0.4) is 0 Å². The minimum absolute atomic E-state index is 0.202. The highest BCUT2D eigenvalue weighted by Gasteiger charge is 2.22. The molecule has 0 heterocycles. The van der Waals surface area contributed by atoms with Gasteiger partial charge in [0.15, 0.2) is 0 Å². The molecule has 0 aliphatic carbocycles. The maximum atomic E-state index is 10.8. The fourth-order valence-electron chi connectivity index (χ4n) is 0.781. The standard InChI is InChI=1S/C8H14NO3P/c1-4-6-9(7-5-2)8(3)13(10,11)12/h4-5H,1-3,6-7H2,(H2,10,11,12). The lowest BCUT2D eigenvalue weighted by molar-refractivity contribution is 0.349. The summed E-state index contributed by atoms with van der Waals surface area (Å²) in [4.78, 5) is 19.0. The molecule has 0 aliphatic heterocycles. The second-order valence-electron chi connectivity index (χ2n) is 2.44. The van der Waals surface area contributed by atoms with Crippen molar-refractivity contribution in [2.45, 2.75) is 0 Å². The summed E-state index contributed by atoms with van der Waals surface area (Å²) in [5.41, 5.74) is -0.202. The monoisotopic (exact) mass is 203 g/mol. The summed E-state index contributed by atoms with van der Waals surface area (Å²) in [5, 5.41) is 0. The summed E-state index contributed by atoms with van der Waals surface area (Å²) in [5.74, 6) is 0. The number of hydrogen-bond donors (Lipinski definition) is 2. The lowest BCUT2D eigenvalue weighted by Crippen LogP contribution is -2.22. The van der Waals surface area contributed by atoms with Crippen molar-refractivity contribution in [3.63, 3.8) is 0 Å². The molecule has 0 aromatic carbocycles. The molecule has 0 rings (SSSR count). The molecule has 5 heteroatoms. The molecular weight excluding hydrogens is 189 g/mol. The van der Waals surface area contributed by atoms with Crippen molar-refractivity contribution in [3.8, 4) is 0 Å². The second-order valence-corrected chi connectivity index (χ2v) is 4.05. The summed E-state index contributed by atoms with van der Waals surface area (Å²) >= 11 is 0. The number of hydrogen-bond acceptors (Lipinski definition) is 2. The average molecular weight is 203 g/mol. The SMILES string of the molecule is C=CCN(CC=C)C(=C)P(=O)(O)O. The van der Waals surface area contributed by atoms with Gasteiger partial charge in [0.1, 0.15) is 5.44 Å². The summed E-state index contributed by atoms with van der Waals surface area (Å²) in [6.07, 6.45) is 3.09. The van der Waals surface area contributed by atoms with Crippen LogP contribution in [0, 0.1) is 0 Å². The van der Waals surface area contributed by atoms with Gasteiger partial charge in [-0.05, 0) is 0 Å². The van der Waals surface area contributed by atoms with E-state index in [9.17, 15) is 4.57 Å². The van der Waals surface area contributed by atoms with E-state index in [1.54, 1.807) is 12.2 Å². The van der Waals surface area contributed by atoms with E-state index in [2.05, 4.69) is 19.7 Å². The topological polar surface area (TPSA) is 60.8 Å². The van der Waals surface area contributed by atoms with Crippen LogP contribution in [0.15, 0.2) is 37.3 Å². The van der Waals surface area contributed by atoms with Crippen molar-refractivity contribution < 1.29 is 14.4 Å². The van der Waals surface area contributed by atoms with Gasteiger partial charge in [-0.15, -0.1) is 13.2 Å². The van der Waals surface area contributed by atoms with E-state index >= 15 is 0 Å². The highest BCUT2D eigenvalue weighted by molar-refractivity contribution is 7.56. The Kier molecular flexibility index (Phi) is 4.70. The van der Waals surface area contributed by atoms with Crippen LogP contribution in [0.25, 0.3) is 0 Å². The van der Waals surface area contributed by atoms with Crippen LogP contribution < -0.4 is 0 Å². The molecule has 0 unspecified atom stereocenters. The van der Waals surface area contributed by atoms with Crippen LogP contribution in [-0.2, 0) is 4.57 Å². The molecule has 0 aromatic rings. The summed E-state index contributed by atoms with van der Waals surface area (Å²) in [6, 6.07) is 0. The summed E-state index contributed by atoms with van der Waals surface area (Å²) < 4.78 is 10.8. The van der Waals surface area contributed by atoms with E-state index in [1.165, 1.54) is 4.90 Å². The Bertz CT molecular complexity index is 246. The van der Waals surface area contributed by atoms with Gasteiger partial charge in [-0.1, -0.05) is 18.7 Å². The van der Waals surface area contributed by atoms with Crippen molar-refractivity contribution in [3.05, 3.63) is 37.3 Å². The first-order chi connectivity index (χ1) is 5.93.